The number of anilines is 3. The molecule has 0 bridgehead atoms. The van der Waals surface area contributed by atoms with Crippen LogP contribution in [0.2, 0.25) is 0 Å². The lowest BCUT2D eigenvalue weighted by Crippen LogP contribution is -2.26. The fraction of sp³-hybridized carbons (Fsp3) is 0.125. The lowest BCUT2D eigenvalue weighted by Gasteiger charge is -2.15. The van der Waals surface area contributed by atoms with Gasteiger partial charge in [-0.3, -0.25) is 14.5 Å². The Morgan fingerprint density at radius 3 is 2.45 bits per heavy atom. The summed E-state index contributed by atoms with van der Waals surface area (Å²) >= 11 is 0. The van der Waals surface area contributed by atoms with Crippen LogP contribution >= 0.6 is 0 Å². The van der Waals surface area contributed by atoms with Gasteiger partial charge in [0.2, 0.25) is 12.3 Å². The van der Waals surface area contributed by atoms with Crippen LogP contribution in [0, 0.1) is 0 Å². The van der Waals surface area contributed by atoms with E-state index in [1.165, 1.54) is 10.5 Å². The van der Waals surface area contributed by atoms with Crippen LogP contribution in [0.4, 0.5) is 17.3 Å². The van der Waals surface area contributed by atoms with Crippen LogP contribution in [-0.2, 0) is 17.9 Å². The summed E-state index contributed by atoms with van der Waals surface area (Å²) in [4.78, 5) is 25.9. The number of nitrogens with zero attached hydrogens (tertiary/aromatic N) is 1. The van der Waals surface area contributed by atoms with Crippen molar-refractivity contribution in [3.05, 3.63) is 120 Å². The molecule has 2 amide bonds. The monoisotopic (exact) mass is 534 g/mol. The summed E-state index contributed by atoms with van der Waals surface area (Å²) in [6, 6.07) is 31.9. The predicted molar refractivity (Wildman–Crippen MR) is 157 cm³/mol. The number of carbonyl (C=O) groups excluding carboxylic acids is 2. The minimum atomic E-state index is -0.267. The SMILES string of the molecule is Nc1ccccc1NC(=O)c1ccc(OCCN(C=O)c2cc3cccc(CNCc4ccccc4)c3o2)cc1. The van der Waals surface area contributed by atoms with Crippen LogP contribution in [0.25, 0.3) is 11.0 Å². The molecule has 202 valence electrons. The van der Waals surface area contributed by atoms with Gasteiger partial charge in [0.15, 0.2) is 0 Å². The van der Waals surface area contributed by atoms with Crippen LogP contribution in [0.5, 0.6) is 5.75 Å². The van der Waals surface area contributed by atoms with Crippen molar-refractivity contribution in [3.8, 4) is 5.75 Å². The van der Waals surface area contributed by atoms with Gasteiger partial charge in [-0.2, -0.15) is 0 Å². The first-order valence-corrected chi connectivity index (χ1v) is 13.0. The predicted octanol–water partition coefficient (Wildman–Crippen LogP) is 5.60. The van der Waals surface area contributed by atoms with Crippen LogP contribution in [0.15, 0.2) is 108 Å². The summed E-state index contributed by atoms with van der Waals surface area (Å²) in [6.07, 6.45) is 0.733. The number of nitrogens with two attached hydrogens (primary N) is 1. The number of hydrogen-bond acceptors (Lipinski definition) is 6. The van der Waals surface area contributed by atoms with Gasteiger partial charge in [0, 0.05) is 35.7 Å². The molecule has 8 nitrogen and oxygen atoms in total. The first kappa shape index (κ1) is 26.5. The number of furan rings is 1. The number of nitrogen functional groups attached to an aromatic ring is 1. The quantitative estimate of drug-likeness (QED) is 0.142. The average molecular weight is 535 g/mol. The first-order chi connectivity index (χ1) is 19.6. The van der Waals surface area contributed by atoms with Crippen molar-refractivity contribution in [2.75, 3.05) is 29.1 Å². The van der Waals surface area contributed by atoms with Crippen molar-refractivity contribution in [1.82, 2.24) is 5.32 Å². The van der Waals surface area contributed by atoms with E-state index >= 15 is 0 Å². The Balaban J connectivity index is 1.16. The third kappa shape index (κ3) is 6.48. The van der Waals surface area contributed by atoms with Crippen molar-refractivity contribution in [2.24, 2.45) is 0 Å². The number of ether oxygens (including phenoxy) is 1. The van der Waals surface area contributed by atoms with E-state index in [2.05, 4.69) is 22.8 Å². The lowest BCUT2D eigenvalue weighted by atomic mass is 10.1. The van der Waals surface area contributed by atoms with E-state index in [9.17, 15) is 9.59 Å². The minimum Gasteiger partial charge on any atom is -0.492 e. The van der Waals surface area contributed by atoms with Crippen LogP contribution < -0.4 is 26.0 Å². The summed E-state index contributed by atoms with van der Waals surface area (Å²) in [5, 5.41) is 7.17. The number of benzene rings is 4. The normalized spacial score (nSPS) is 10.8. The van der Waals surface area contributed by atoms with Gasteiger partial charge in [0.05, 0.1) is 17.9 Å². The van der Waals surface area contributed by atoms with Gasteiger partial charge in [-0.05, 0) is 42.0 Å². The van der Waals surface area contributed by atoms with E-state index < -0.39 is 0 Å². The van der Waals surface area contributed by atoms with E-state index in [4.69, 9.17) is 14.9 Å². The molecule has 1 aromatic heterocycles. The van der Waals surface area contributed by atoms with Gasteiger partial charge in [0.25, 0.3) is 5.91 Å². The van der Waals surface area contributed by atoms with Gasteiger partial charge >= 0.3 is 0 Å². The maximum Gasteiger partial charge on any atom is 0.255 e. The van der Waals surface area contributed by atoms with Gasteiger partial charge < -0.3 is 25.5 Å². The van der Waals surface area contributed by atoms with Gasteiger partial charge in [-0.15, -0.1) is 0 Å². The summed E-state index contributed by atoms with van der Waals surface area (Å²) in [5.41, 5.74) is 10.4. The Labute approximate surface area is 232 Å². The molecule has 1 heterocycles. The maximum absolute atomic E-state index is 12.5. The van der Waals surface area contributed by atoms with E-state index in [1.54, 1.807) is 48.5 Å². The standard InChI is InChI=1S/C32H30N4O4/c33-28-11-4-5-12-29(28)35-32(38)24-13-15-27(16-14-24)39-18-17-36(22-37)30-19-25-9-6-10-26(31(25)40-30)21-34-20-23-7-2-1-3-8-23/h1-16,19,22,34H,17-18,20-21,33H2,(H,35,38). The highest BCUT2D eigenvalue weighted by Gasteiger charge is 2.14. The molecular weight excluding hydrogens is 504 g/mol. The maximum atomic E-state index is 12.5. The zero-order chi connectivity index (χ0) is 27.7. The molecule has 40 heavy (non-hydrogen) atoms. The fourth-order valence-electron chi connectivity index (χ4n) is 4.31. The summed E-state index contributed by atoms with van der Waals surface area (Å²) < 4.78 is 11.9. The molecule has 4 N–H and O–H groups in total. The summed E-state index contributed by atoms with van der Waals surface area (Å²) in [5.74, 6) is 0.769. The summed E-state index contributed by atoms with van der Waals surface area (Å²) in [7, 11) is 0. The topological polar surface area (TPSA) is 110 Å². The molecule has 0 unspecified atom stereocenters. The Morgan fingerprint density at radius 1 is 0.900 bits per heavy atom. The third-order valence-corrected chi connectivity index (χ3v) is 6.44. The largest absolute Gasteiger partial charge is 0.492 e. The van der Waals surface area contributed by atoms with Crippen molar-refractivity contribution >= 4 is 40.5 Å². The van der Waals surface area contributed by atoms with Crippen LogP contribution in [0.3, 0.4) is 0 Å². The number of nitrogens with one attached hydrogen (secondary N) is 2. The average Bonchev–Trinajstić information content (AvgIpc) is 3.42. The zero-order valence-corrected chi connectivity index (χ0v) is 21.9. The smallest absolute Gasteiger partial charge is 0.255 e. The molecule has 0 saturated carbocycles. The Kier molecular flexibility index (Phi) is 8.38. The van der Waals surface area contributed by atoms with Crippen molar-refractivity contribution in [1.29, 1.82) is 0 Å². The summed E-state index contributed by atoms with van der Waals surface area (Å²) in [6.45, 7) is 1.92. The molecule has 0 radical (unpaired) electrons. The first-order valence-electron chi connectivity index (χ1n) is 13.0. The second-order valence-corrected chi connectivity index (χ2v) is 9.22. The van der Waals surface area contributed by atoms with Crippen molar-refractivity contribution in [2.45, 2.75) is 13.1 Å². The lowest BCUT2D eigenvalue weighted by molar-refractivity contribution is -0.107. The molecule has 8 heteroatoms. The van der Waals surface area contributed by atoms with Crippen LogP contribution in [0.1, 0.15) is 21.5 Å². The molecule has 0 atom stereocenters. The van der Waals surface area contributed by atoms with E-state index in [0.29, 0.717) is 41.7 Å². The number of hydrogen-bond donors (Lipinski definition) is 3. The second-order valence-electron chi connectivity index (χ2n) is 9.22. The molecule has 0 aliphatic heterocycles. The van der Waals surface area contributed by atoms with E-state index in [0.717, 1.165) is 29.5 Å². The van der Waals surface area contributed by atoms with Gasteiger partial charge in [-0.1, -0.05) is 60.7 Å². The number of carbonyl (C=O) groups is 2. The van der Waals surface area contributed by atoms with Crippen molar-refractivity contribution < 1.29 is 18.7 Å². The Morgan fingerprint density at radius 2 is 1.68 bits per heavy atom. The van der Waals surface area contributed by atoms with E-state index in [-0.39, 0.29) is 12.5 Å². The Hall–Kier alpha value is -5.08. The van der Waals surface area contributed by atoms with Crippen LogP contribution in [-0.4, -0.2) is 25.5 Å². The molecule has 0 spiro atoms. The molecule has 5 aromatic rings. The zero-order valence-electron chi connectivity index (χ0n) is 21.9. The number of rotatable bonds is 12. The molecule has 0 aliphatic carbocycles. The fourth-order valence-corrected chi connectivity index (χ4v) is 4.31. The number of para-hydroxylation sites is 3. The molecule has 4 aromatic carbocycles. The highest BCUT2D eigenvalue weighted by molar-refractivity contribution is 6.05. The minimum absolute atomic E-state index is 0.243. The van der Waals surface area contributed by atoms with E-state index in [1.807, 2.05) is 42.5 Å². The highest BCUT2D eigenvalue weighted by Crippen LogP contribution is 2.28. The molecule has 0 saturated heterocycles. The molecule has 0 aliphatic rings. The van der Waals surface area contributed by atoms with Gasteiger partial charge in [0.1, 0.15) is 17.9 Å². The molecular formula is C32H30N4O4. The number of amides is 2. The number of fused-ring (bicyclic) bond motifs is 1. The van der Waals surface area contributed by atoms with Gasteiger partial charge in [-0.25, -0.2) is 0 Å². The second kappa shape index (κ2) is 12.6. The molecule has 5 rings (SSSR count). The van der Waals surface area contributed by atoms with Crippen molar-refractivity contribution in [3.63, 3.8) is 0 Å². The molecule has 0 fully saturated rings. The highest BCUT2D eigenvalue weighted by atomic mass is 16.5. The third-order valence-electron chi connectivity index (χ3n) is 6.44. The Bertz CT molecular complexity index is 1580.